The number of fused-ring (bicyclic) bond motifs is 2. The molecule has 2 aromatic carbocycles. The number of nitrogens with zero attached hydrogens (tertiary/aromatic N) is 2. The summed E-state index contributed by atoms with van der Waals surface area (Å²) in [7, 11) is 1.58. The fourth-order valence-electron chi connectivity index (χ4n) is 5.13. The number of methoxy groups -OCH3 is 1. The molecule has 1 amide bonds. The molecule has 1 atom stereocenters. The molecule has 0 aliphatic carbocycles. The molecular weight excluding hydrogens is 460 g/mol. The van der Waals surface area contributed by atoms with Gasteiger partial charge in [-0.2, -0.15) is 0 Å². The van der Waals surface area contributed by atoms with Gasteiger partial charge in [-0.1, -0.05) is 17.7 Å². The number of rotatable bonds is 8. The summed E-state index contributed by atoms with van der Waals surface area (Å²) < 4.78 is 22.8. The summed E-state index contributed by atoms with van der Waals surface area (Å²) in [4.78, 5) is 31.5. The molecule has 1 fully saturated rings. The molecule has 0 N–H and O–H groups in total. The van der Waals surface area contributed by atoms with Crippen LogP contribution in [0.3, 0.4) is 0 Å². The Balaban J connectivity index is 1.56. The summed E-state index contributed by atoms with van der Waals surface area (Å²) in [5.41, 5.74) is 2.39. The molecule has 0 unspecified atom stereocenters. The first-order valence-electron chi connectivity index (χ1n) is 12.5. The van der Waals surface area contributed by atoms with Crippen LogP contribution in [0.1, 0.15) is 46.6 Å². The van der Waals surface area contributed by atoms with Gasteiger partial charge in [-0.15, -0.1) is 0 Å². The topological polar surface area (TPSA) is 81.5 Å². The van der Waals surface area contributed by atoms with Crippen molar-refractivity contribution in [3.63, 3.8) is 0 Å². The summed E-state index contributed by atoms with van der Waals surface area (Å²) in [5, 5.41) is 0.486. The van der Waals surface area contributed by atoms with Gasteiger partial charge in [-0.25, -0.2) is 0 Å². The number of morpholine rings is 1. The van der Waals surface area contributed by atoms with E-state index in [1.807, 2.05) is 44.2 Å². The van der Waals surface area contributed by atoms with E-state index in [0.717, 1.165) is 50.4 Å². The largest absolute Gasteiger partial charge is 0.493 e. The minimum Gasteiger partial charge on any atom is -0.493 e. The lowest BCUT2D eigenvalue weighted by molar-refractivity contribution is 0.0353. The Morgan fingerprint density at radius 1 is 1.03 bits per heavy atom. The molecule has 8 heteroatoms. The average molecular weight is 493 g/mol. The van der Waals surface area contributed by atoms with E-state index >= 15 is 0 Å². The van der Waals surface area contributed by atoms with Gasteiger partial charge in [0.1, 0.15) is 5.58 Å². The molecule has 0 spiro atoms. The zero-order valence-electron chi connectivity index (χ0n) is 21.0. The highest BCUT2D eigenvalue weighted by Crippen LogP contribution is 2.41. The summed E-state index contributed by atoms with van der Waals surface area (Å²) in [6.07, 6.45) is 0.775. The SMILES string of the molecule is CCOc1ccc([C@@H]2c3c(oc4ccc(C)cc4c3=O)C(=O)N2CCCN2CCOCC2)cc1OC. The zero-order valence-corrected chi connectivity index (χ0v) is 21.0. The molecule has 5 rings (SSSR count). The lowest BCUT2D eigenvalue weighted by atomic mass is 9.97. The summed E-state index contributed by atoms with van der Waals surface area (Å²) in [5.74, 6) is 1.04. The van der Waals surface area contributed by atoms with Crippen LogP contribution in [0.15, 0.2) is 45.6 Å². The smallest absolute Gasteiger partial charge is 0.290 e. The number of ether oxygens (including phenoxy) is 3. The molecule has 1 saturated heterocycles. The first kappa shape index (κ1) is 24.3. The van der Waals surface area contributed by atoms with E-state index in [4.69, 9.17) is 18.6 Å². The maximum Gasteiger partial charge on any atom is 0.290 e. The fourth-order valence-corrected chi connectivity index (χ4v) is 5.13. The van der Waals surface area contributed by atoms with Crippen LogP contribution >= 0.6 is 0 Å². The van der Waals surface area contributed by atoms with Gasteiger partial charge in [0.25, 0.3) is 5.91 Å². The molecule has 3 aromatic rings. The number of carbonyl (C=O) groups is 1. The van der Waals surface area contributed by atoms with Crippen molar-refractivity contribution in [3.05, 3.63) is 69.1 Å². The summed E-state index contributed by atoms with van der Waals surface area (Å²) >= 11 is 0. The first-order valence-corrected chi connectivity index (χ1v) is 12.5. The lowest BCUT2D eigenvalue weighted by Crippen LogP contribution is -2.38. The van der Waals surface area contributed by atoms with Crippen LogP contribution in [0, 0.1) is 6.92 Å². The monoisotopic (exact) mass is 492 g/mol. The highest BCUT2D eigenvalue weighted by atomic mass is 16.5. The molecular formula is C28H32N2O6. The second kappa shape index (κ2) is 10.3. The summed E-state index contributed by atoms with van der Waals surface area (Å²) in [6, 6.07) is 10.5. The van der Waals surface area contributed by atoms with Gasteiger partial charge in [0, 0.05) is 26.2 Å². The Bertz CT molecular complexity index is 1330. The number of aryl methyl sites for hydroxylation is 1. The number of carbonyl (C=O) groups excluding carboxylic acids is 1. The van der Waals surface area contributed by atoms with Crippen molar-refractivity contribution in [1.82, 2.24) is 9.80 Å². The maximum atomic E-state index is 13.8. The van der Waals surface area contributed by atoms with E-state index in [1.165, 1.54) is 0 Å². The number of hydrogen-bond donors (Lipinski definition) is 0. The molecule has 0 radical (unpaired) electrons. The predicted molar refractivity (Wildman–Crippen MR) is 136 cm³/mol. The highest BCUT2D eigenvalue weighted by molar-refractivity contribution is 5.99. The number of amides is 1. The molecule has 36 heavy (non-hydrogen) atoms. The lowest BCUT2D eigenvalue weighted by Gasteiger charge is -2.29. The van der Waals surface area contributed by atoms with Crippen LogP contribution in [0.4, 0.5) is 0 Å². The van der Waals surface area contributed by atoms with E-state index in [0.29, 0.717) is 41.2 Å². The molecule has 0 bridgehead atoms. The van der Waals surface area contributed by atoms with Crippen molar-refractivity contribution >= 4 is 16.9 Å². The molecule has 0 saturated carbocycles. The van der Waals surface area contributed by atoms with Crippen LogP contribution in [-0.4, -0.2) is 68.8 Å². The Labute approximate surface area is 210 Å². The van der Waals surface area contributed by atoms with Gasteiger partial charge in [-0.3, -0.25) is 14.5 Å². The van der Waals surface area contributed by atoms with E-state index in [1.54, 1.807) is 18.1 Å². The van der Waals surface area contributed by atoms with Gasteiger partial charge in [0.15, 0.2) is 16.9 Å². The molecule has 8 nitrogen and oxygen atoms in total. The van der Waals surface area contributed by atoms with E-state index in [9.17, 15) is 9.59 Å². The molecule has 2 aliphatic rings. The fraction of sp³-hybridized carbons (Fsp3) is 0.429. The van der Waals surface area contributed by atoms with Crippen LogP contribution in [0.25, 0.3) is 11.0 Å². The van der Waals surface area contributed by atoms with Crippen molar-refractivity contribution in [2.24, 2.45) is 0 Å². The van der Waals surface area contributed by atoms with Crippen LogP contribution in [0.2, 0.25) is 0 Å². The molecule has 3 heterocycles. The maximum absolute atomic E-state index is 13.8. The van der Waals surface area contributed by atoms with Crippen molar-refractivity contribution in [2.75, 3.05) is 53.1 Å². The third kappa shape index (κ3) is 4.47. The van der Waals surface area contributed by atoms with E-state index < -0.39 is 6.04 Å². The van der Waals surface area contributed by atoms with Gasteiger partial charge in [0.2, 0.25) is 5.76 Å². The Morgan fingerprint density at radius 3 is 2.58 bits per heavy atom. The first-order chi connectivity index (χ1) is 17.5. The van der Waals surface area contributed by atoms with Crippen molar-refractivity contribution < 1.29 is 23.4 Å². The van der Waals surface area contributed by atoms with E-state index in [2.05, 4.69) is 4.90 Å². The van der Waals surface area contributed by atoms with Crippen LogP contribution in [-0.2, 0) is 4.74 Å². The van der Waals surface area contributed by atoms with Gasteiger partial charge in [0.05, 0.1) is 43.9 Å². The van der Waals surface area contributed by atoms with Gasteiger partial charge in [-0.05, 0) is 50.1 Å². The summed E-state index contributed by atoms with van der Waals surface area (Å²) in [6.45, 7) is 8.93. The number of hydrogen-bond acceptors (Lipinski definition) is 7. The Hall–Kier alpha value is -3.36. The normalized spacial score (nSPS) is 18.0. The third-order valence-corrected chi connectivity index (χ3v) is 6.90. The highest BCUT2D eigenvalue weighted by Gasteiger charge is 2.42. The minimum atomic E-state index is -0.567. The van der Waals surface area contributed by atoms with Gasteiger partial charge >= 0.3 is 0 Å². The Morgan fingerprint density at radius 2 is 1.83 bits per heavy atom. The minimum absolute atomic E-state index is 0.126. The van der Waals surface area contributed by atoms with Crippen LogP contribution < -0.4 is 14.9 Å². The third-order valence-electron chi connectivity index (χ3n) is 6.90. The van der Waals surface area contributed by atoms with Gasteiger partial charge < -0.3 is 23.5 Å². The standard InChI is InChI=1S/C28H32N2O6/c1-4-35-22-9-7-19(17-23(22)33-3)25-24-26(31)20-16-18(2)6-8-21(20)36-27(24)28(32)30(25)11-5-10-29-12-14-34-15-13-29/h6-9,16-17,25H,4-5,10-15H2,1-3H3/t25-/m1/s1. The molecule has 190 valence electrons. The van der Waals surface area contributed by atoms with Crippen LogP contribution in [0.5, 0.6) is 11.5 Å². The quantitative estimate of drug-likeness (QED) is 0.473. The van der Waals surface area contributed by atoms with Crippen molar-refractivity contribution in [3.8, 4) is 11.5 Å². The zero-order chi connectivity index (χ0) is 25.2. The van der Waals surface area contributed by atoms with E-state index in [-0.39, 0.29) is 17.1 Å². The molecule has 2 aliphatic heterocycles. The Kier molecular flexibility index (Phi) is 6.98. The number of benzene rings is 2. The second-order valence-electron chi connectivity index (χ2n) is 9.23. The second-order valence-corrected chi connectivity index (χ2v) is 9.23. The predicted octanol–water partition coefficient (Wildman–Crippen LogP) is 3.78. The van der Waals surface area contributed by atoms with Crippen molar-refractivity contribution in [2.45, 2.75) is 26.3 Å². The average Bonchev–Trinajstić information content (AvgIpc) is 3.17. The molecule has 1 aromatic heterocycles. The van der Waals surface area contributed by atoms with Crippen molar-refractivity contribution in [1.29, 1.82) is 0 Å².